The van der Waals surface area contributed by atoms with Crippen LogP contribution in [0.1, 0.15) is 71.4 Å². The number of anilines is 3. The average molecular weight is 598 g/mol. The molecule has 2 aliphatic rings. The fraction of sp³-hybridized carbons (Fsp3) is 0.633. The fourth-order valence-corrected chi connectivity index (χ4v) is 6.15. The number of nitrogens with one attached hydrogen (secondary N) is 2. The molecule has 0 spiro atoms. The topological polar surface area (TPSA) is 101 Å². The maximum atomic E-state index is 9.62. The Hall–Kier alpha value is -2.16. The molecule has 4 rings (SSSR count). The summed E-state index contributed by atoms with van der Waals surface area (Å²) in [6, 6.07) is 6.45. The minimum absolute atomic E-state index is 0.0147. The molecule has 2 heterocycles. The lowest BCUT2D eigenvalue weighted by atomic mass is 9.73. The van der Waals surface area contributed by atoms with E-state index < -0.39 is 15.4 Å². The first-order valence-electron chi connectivity index (χ1n) is 14.7. The highest BCUT2D eigenvalue weighted by Crippen LogP contribution is 2.37. The Bertz CT molecular complexity index is 1270. The summed E-state index contributed by atoms with van der Waals surface area (Å²) in [6.45, 7) is 18.9. The van der Waals surface area contributed by atoms with Gasteiger partial charge >= 0.3 is 7.12 Å². The summed E-state index contributed by atoms with van der Waals surface area (Å²) >= 11 is 6.93. The van der Waals surface area contributed by atoms with Crippen LogP contribution < -0.4 is 16.1 Å². The van der Waals surface area contributed by atoms with E-state index in [4.69, 9.17) is 30.3 Å². The molecule has 1 aliphatic heterocycles. The molecule has 2 N–H and O–H groups in total. The summed E-state index contributed by atoms with van der Waals surface area (Å²) in [5.74, 6) is 1.18. The van der Waals surface area contributed by atoms with Crippen LogP contribution in [0.4, 0.5) is 17.5 Å². The number of aromatic nitrogens is 2. The molecule has 2 fully saturated rings. The Labute approximate surface area is 252 Å². The molecule has 1 aromatic carbocycles. The van der Waals surface area contributed by atoms with E-state index >= 15 is 0 Å². The van der Waals surface area contributed by atoms with Crippen molar-refractivity contribution < 1.29 is 13.7 Å². The van der Waals surface area contributed by atoms with Crippen LogP contribution in [0, 0.1) is 29.6 Å². The number of hydrogen-bond acceptors (Lipinski definition) is 8. The predicted molar refractivity (Wildman–Crippen MR) is 170 cm³/mol. The van der Waals surface area contributed by atoms with E-state index in [9.17, 15) is 5.26 Å². The normalized spacial score (nSPS) is 21.3. The fourth-order valence-electron chi connectivity index (χ4n) is 4.88. The molecule has 0 radical (unpaired) electrons. The smallest absolute Gasteiger partial charge is 0.413 e. The van der Waals surface area contributed by atoms with Gasteiger partial charge in [0.15, 0.2) is 8.32 Å². The van der Waals surface area contributed by atoms with Gasteiger partial charge in [0, 0.05) is 52.6 Å². The maximum absolute atomic E-state index is 9.62. The lowest BCUT2D eigenvalue weighted by Crippen LogP contribution is -2.49. The van der Waals surface area contributed by atoms with Crippen LogP contribution in [0.15, 0.2) is 18.3 Å². The quantitative estimate of drug-likeness (QED) is 0.315. The average Bonchev–Trinajstić information content (AvgIpc) is 2.89. The largest absolute Gasteiger partial charge is 0.495 e. The first-order valence-corrected chi connectivity index (χ1v) is 17.9. The van der Waals surface area contributed by atoms with Crippen molar-refractivity contribution >= 4 is 50.0 Å². The highest BCUT2D eigenvalue weighted by atomic mass is 35.5. The van der Waals surface area contributed by atoms with Crippen LogP contribution in [0.25, 0.3) is 0 Å². The standard InChI is InChI=1S/C30H45BClN5O3Si/c1-20-16-34-28(37-27(20)36-25-12-10-9-11-21(25)15-33)35-23-13-22(17-40-41(7,8)29(2,3)4)26(24(32)14-23)31-38-18-30(5,6)19-39-31/h13-14,16,21,25H,9-12,17-19H2,1-8H3,(H2,34,35,36,37)/t21-,25+/m0/s1. The zero-order chi connectivity index (χ0) is 30.0. The van der Waals surface area contributed by atoms with Crippen molar-refractivity contribution in [1.82, 2.24) is 9.97 Å². The van der Waals surface area contributed by atoms with Gasteiger partial charge in [0.1, 0.15) is 5.82 Å². The third-order valence-corrected chi connectivity index (χ3v) is 13.4. The number of nitriles is 1. The van der Waals surface area contributed by atoms with Gasteiger partial charge in [-0.05, 0) is 55.6 Å². The van der Waals surface area contributed by atoms with Gasteiger partial charge in [0.25, 0.3) is 0 Å². The van der Waals surface area contributed by atoms with E-state index in [2.05, 4.69) is 69.4 Å². The second-order valence-corrected chi connectivity index (χ2v) is 19.0. The monoisotopic (exact) mass is 597 g/mol. The molecule has 41 heavy (non-hydrogen) atoms. The van der Waals surface area contributed by atoms with Gasteiger partial charge in [0.2, 0.25) is 5.95 Å². The van der Waals surface area contributed by atoms with Gasteiger partial charge in [-0.1, -0.05) is 59.1 Å². The highest BCUT2D eigenvalue weighted by molar-refractivity contribution is 6.74. The molecule has 0 unspecified atom stereocenters. The number of hydrogen-bond donors (Lipinski definition) is 2. The van der Waals surface area contributed by atoms with Crippen molar-refractivity contribution in [3.63, 3.8) is 0 Å². The lowest BCUT2D eigenvalue weighted by molar-refractivity contribution is 0.0342. The number of halogens is 1. The molecule has 1 saturated carbocycles. The van der Waals surface area contributed by atoms with E-state index in [1.54, 1.807) is 6.20 Å². The molecule has 2 atom stereocenters. The van der Waals surface area contributed by atoms with E-state index in [1.807, 2.05) is 19.1 Å². The molecule has 8 nitrogen and oxygen atoms in total. The SMILES string of the molecule is Cc1cnc(Nc2cc(Cl)c(B3OCC(C)(C)CO3)c(CO[Si](C)(C)C(C)(C)C)c2)nc1N[C@@H]1CCCC[C@H]1C#N. The van der Waals surface area contributed by atoms with Gasteiger partial charge < -0.3 is 24.4 Å². The second-order valence-electron chi connectivity index (χ2n) is 13.8. The predicted octanol–water partition coefficient (Wildman–Crippen LogP) is 6.97. The molecular formula is C30H45BClN5O3Si. The first kappa shape index (κ1) is 31.8. The number of rotatable bonds is 8. The summed E-state index contributed by atoms with van der Waals surface area (Å²) in [7, 11) is -2.60. The molecular weight excluding hydrogens is 553 g/mol. The number of aryl methyl sites for hydroxylation is 1. The van der Waals surface area contributed by atoms with Crippen molar-refractivity contribution in [2.24, 2.45) is 11.3 Å². The minimum atomic E-state index is -2.04. The van der Waals surface area contributed by atoms with Crippen LogP contribution in [0.3, 0.4) is 0 Å². The first-order chi connectivity index (χ1) is 19.2. The van der Waals surface area contributed by atoms with Gasteiger partial charge in [0.05, 0.1) is 18.6 Å². The Kier molecular flexibility index (Phi) is 9.77. The van der Waals surface area contributed by atoms with E-state index in [1.165, 1.54) is 0 Å². The molecule has 0 amide bonds. The van der Waals surface area contributed by atoms with Crippen molar-refractivity contribution in [1.29, 1.82) is 5.26 Å². The van der Waals surface area contributed by atoms with Crippen molar-refractivity contribution in [2.75, 3.05) is 23.8 Å². The van der Waals surface area contributed by atoms with Gasteiger partial charge in [-0.15, -0.1) is 0 Å². The maximum Gasteiger partial charge on any atom is 0.495 e. The van der Waals surface area contributed by atoms with Gasteiger partial charge in [-0.25, -0.2) is 4.98 Å². The summed E-state index contributed by atoms with van der Waals surface area (Å²) in [4.78, 5) is 9.30. The van der Waals surface area contributed by atoms with Crippen molar-refractivity contribution in [3.8, 4) is 6.07 Å². The summed E-state index contributed by atoms with van der Waals surface area (Å²) in [6.07, 6.45) is 5.88. The minimum Gasteiger partial charge on any atom is -0.413 e. The summed E-state index contributed by atoms with van der Waals surface area (Å²) in [5.41, 5.74) is 3.36. The molecule has 11 heteroatoms. The second kappa shape index (κ2) is 12.6. The summed E-state index contributed by atoms with van der Waals surface area (Å²) < 4.78 is 18.9. The van der Waals surface area contributed by atoms with E-state index in [0.29, 0.717) is 30.8 Å². The van der Waals surface area contributed by atoms with Gasteiger partial charge in [-0.3, -0.25) is 0 Å². The zero-order valence-corrected chi connectivity index (χ0v) is 27.6. The van der Waals surface area contributed by atoms with Crippen molar-refractivity contribution in [2.45, 2.75) is 98.0 Å². The van der Waals surface area contributed by atoms with Crippen LogP contribution in [-0.2, 0) is 20.3 Å². The summed E-state index contributed by atoms with van der Waals surface area (Å²) in [5, 5.41) is 17.1. The molecule has 2 aromatic rings. The third kappa shape index (κ3) is 7.82. The van der Waals surface area contributed by atoms with Crippen LogP contribution in [-0.4, -0.2) is 44.7 Å². The third-order valence-electron chi connectivity index (χ3n) is 8.58. The molecule has 0 bridgehead atoms. The molecule has 1 aromatic heterocycles. The zero-order valence-electron chi connectivity index (χ0n) is 25.9. The van der Waals surface area contributed by atoms with Crippen LogP contribution in [0.2, 0.25) is 23.2 Å². The molecule has 1 aliphatic carbocycles. The van der Waals surface area contributed by atoms with E-state index in [0.717, 1.165) is 53.8 Å². The number of benzene rings is 1. The molecule has 1 saturated heterocycles. The Morgan fingerprint density at radius 3 is 2.54 bits per heavy atom. The Morgan fingerprint density at radius 1 is 1.20 bits per heavy atom. The van der Waals surface area contributed by atoms with E-state index in [-0.39, 0.29) is 22.4 Å². The lowest BCUT2D eigenvalue weighted by Gasteiger charge is -2.37. The van der Waals surface area contributed by atoms with Crippen LogP contribution >= 0.6 is 11.6 Å². The Balaban J connectivity index is 1.61. The highest BCUT2D eigenvalue weighted by Gasteiger charge is 2.39. The Morgan fingerprint density at radius 2 is 1.88 bits per heavy atom. The number of nitrogens with zero attached hydrogens (tertiary/aromatic N) is 3. The van der Waals surface area contributed by atoms with Gasteiger partial charge in [-0.2, -0.15) is 10.2 Å². The van der Waals surface area contributed by atoms with Crippen LogP contribution in [0.5, 0.6) is 0 Å². The molecule has 222 valence electrons. The van der Waals surface area contributed by atoms with Crippen molar-refractivity contribution in [3.05, 3.63) is 34.5 Å².